The van der Waals surface area contributed by atoms with Crippen LogP contribution in [-0.4, -0.2) is 21.0 Å². The van der Waals surface area contributed by atoms with Crippen LogP contribution in [0.5, 0.6) is 0 Å². The molecule has 3 aromatic rings. The third-order valence-corrected chi connectivity index (χ3v) is 3.43. The van der Waals surface area contributed by atoms with Crippen LogP contribution in [0.4, 0.5) is 0 Å². The topological polar surface area (TPSA) is 76.2 Å². The van der Waals surface area contributed by atoms with E-state index in [4.69, 9.17) is 9.52 Å². The molecule has 0 saturated heterocycles. The zero-order valence-electron chi connectivity index (χ0n) is 9.61. The number of para-hydroxylation sites is 1. The van der Waals surface area contributed by atoms with Gasteiger partial charge in [-0.25, -0.2) is 14.8 Å². The lowest BCUT2D eigenvalue weighted by Crippen LogP contribution is -1.91. The van der Waals surface area contributed by atoms with Crippen molar-refractivity contribution in [2.75, 3.05) is 0 Å². The minimum absolute atomic E-state index is 0.0825. The highest BCUT2D eigenvalue weighted by atomic mass is 32.2. The highest BCUT2D eigenvalue weighted by molar-refractivity contribution is 7.99. The number of rotatable bonds is 3. The van der Waals surface area contributed by atoms with Gasteiger partial charge >= 0.3 is 5.97 Å². The SMILES string of the molecule is O=C(O)c1ccc(Sc2ncnc3ccccc23)o1. The van der Waals surface area contributed by atoms with Crippen LogP contribution in [0.1, 0.15) is 10.6 Å². The quantitative estimate of drug-likeness (QED) is 0.738. The number of carbonyl (C=O) groups is 1. The minimum atomic E-state index is -1.08. The van der Waals surface area contributed by atoms with E-state index in [0.717, 1.165) is 15.9 Å². The van der Waals surface area contributed by atoms with Crippen LogP contribution >= 0.6 is 11.8 Å². The number of aromatic nitrogens is 2. The number of aromatic carboxylic acids is 1. The van der Waals surface area contributed by atoms with Crippen molar-refractivity contribution in [1.82, 2.24) is 9.97 Å². The zero-order valence-corrected chi connectivity index (χ0v) is 10.4. The molecule has 19 heavy (non-hydrogen) atoms. The molecule has 0 unspecified atom stereocenters. The van der Waals surface area contributed by atoms with Gasteiger partial charge in [0.25, 0.3) is 0 Å². The maximum absolute atomic E-state index is 10.8. The largest absolute Gasteiger partial charge is 0.475 e. The van der Waals surface area contributed by atoms with Crippen molar-refractivity contribution >= 4 is 28.6 Å². The maximum Gasteiger partial charge on any atom is 0.371 e. The maximum atomic E-state index is 10.8. The van der Waals surface area contributed by atoms with Crippen molar-refractivity contribution in [3.63, 3.8) is 0 Å². The number of benzene rings is 1. The van der Waals surface area contributed by atoms with Crippen LogP contribution in [0, 0.1) is 0 Å². The number of fused-ring (bicyclic) bond motifs is 1. The first-order chi connectivity index (χ1) is 9.24. The van der Waals surface area contributed by atoms with Crippen LogP contribution < -0.4 is 0 Å². The lowest BCUT2D eigenvalue weighted by Gasteiger charge is -2.01. The van der Waals surface area contributed by atoms with Gasteiger partial charge in [-0.15, -0.1) is 0 Å². The molecule has 0 aliphatic carbocycles. The van der Waals surface area contributed by atoms with Gasteiger partial charge in [-0.1, -0.05) is 18.2 Å². The Labute approximate surface area is 112 Å². The molecule has 0 radical (unpaired) electrons. The molecule has 2 heterocycles. The summed E-state index contributed by atoms with van der Waals surface area (Å²) in [6.07, 6.45) is 1.48. The number of furan rings is 1. The van der Waals surface area contributed by atoms with E-state index in [-0.39, 0.29) is 5.76 Å². The van der Waals surface area contributed by atoms with Gasteiger partial charge in [0.05, 0.1) is 5.52 Å². The van der Waals surface area contributed by atoms with E-state index in [1.54, 1.807) is 6.07 Å². The fraction of sp³-hybridized carbons (Fsp3) is 0. The molecule has 1 N–H and O–H groups in total. The zero-order chi connectivity index (χ0) is 13.2. The molecule has 94 valence electrons. The van der Waals surface area contributed by atoms with Crippen LogP contribution in [0.2, 0.25) is 0 Å². The van der Waals surface area contributed by atoms with Gasteiger partial charge in [0.1, 0.15) is 11.4 Å². The molecule has 5 nitrogen and oxygen atoms in total. The predicted molar refractivity (Wildman–Crippen MR) is 69.3 cm³/mol. The van der Waals surface area contributed by atoms with E-state index in [0.29, 0.717) is 5.09 Å². The second kappa shape index (κ2) is 4.74. The normalized spacial score (nSPS) is 10.7. The molecule has 6 heteroatoms. The summed E-state index contributed by atoms with van der Waals surface area (Å²) in [7, 11) is 0. The Morgan fingerprint density at radius 3 is 2.79 bits per heavy atom. The van der Waals surface area contributed by atoms with E-state index >= 15 is 0 Å². The number of carboxylic acids is 1. The van der Waals surface area contributed by atoms with Crippen molar-refractivity contribution in [3.05, 3.63) is 48.5 Å². The summed E-state index contributed by atoms with van der Waals surface area (Å²) in [6, 6.07) is 10.7. The van der Waals surface area contributed by atoms with Gasteiger partial charge in [-0.05, 0) is 30.0 Å². The lowest BCUT2D eigenvalue weighted by molar-refractivity contribution is 0.0656. The predicted octanol–water partition coefficient (Wildman–Crippen LogP) is 3.07. The van der Waals surface area contributed by atoms with Crippen molar-refractivity contribution in [2.45, 2.75) is 10.1 Å². The first kappa shape index (κ1) is 11.7. The molecule has 0 saturated carbocycles. The Bertz CT molecular complexity index is 749. The molecule has 0 amide bonds. The van der Waals surface area contributed by atoms with E-state index in [1.807, 2.05) is 24.3 Å². The van der Waals surface area contributed by atoms with Crippen LogP contribution in [0.15, 0.2) is 57.3 Å². The van der Waals surface area contributed by atoms with Crippen molar-refractivity contribution in [3.8, 4) is 0 Å². The van der Waals surface area contributed by atoms with Gasteiger partial charge < -0.3 is 9.52 Å². The average Bonchev–Trinajstić information content (AvgIpc) is 2.88. The van der Waals surface area contributed by atoms with Crippen molar-refractivity contribution in [2.24, 2.45) is 0 Å². The number of carboxylic acid groups (broad SMARTS) is 1. The van der Waals surface area contributed by atoms with Crippen LogP contribution in [0.25, 0.3) is 10.9 Å². The molecule has 0 atom stereocenters. The highest BCUT2D eigenvalue weighted by Gasteiger charge is 2.12. The summed E-state index contributed by atoms with van der Waals surface area (Å²) in [5, 5.41) is 10.9. The fourth-order valence-corrected chi connectivity index (χ4v) is 2.49. The Morgan fingerprint density at radius 1 is 1.16 bits per heavy atom. The Morgan fingerprint density at radius 2 is 2.00 bits per heavy atom. The van der Waals surface area contributed by atoms with Crippen molar-refractivity contribution < 1.29 is 14.3 Å². The van der Waals surface area contributed by atoms with Gasteiger partial charge in [0, 0.05) is 5.39 Å². The summed E-state index contributed by atoms with van der Waals surface area (Å²) >= 11 is 1.27. The number of hydrogen-bond donors (Lipinski definition) is 1. The van der Waals surface area contributed by atoms with E-state index in [9.17, 15) is 4.79 Å². The van der Waals surface area contributed by atoms with Gasteiger partial charge in [-0.3, -0.25) is 0 Å². The number of hydrogen-bond acceptors (Lipinski definition) is 5. The standard InChI is InChI=1S/C13H8N2O3S/c16-13(17)10-5-6-11(18-10)19-12-8-3-1-2-4-9(8)14-7-15-12/h1-7H,(H,16,17). The molecular formula is C13H8N2O3S. The Hall–Kier alpha value is -2.34. The molecule has 0 aliphatic heterocycles. The third kappa shape index (κ3) is 2.30. The molecule has 3 rings (SSSR count). The second-order valence-electron chi connectivity index (χ2n) is 3.72. The van der Waals surface area contributed by atoms with Crippen molar-refractivity contribution in [1.29, 1.82) is 0 Å². The monoisotopic (exact) mass is 272 g/mol. The Balaban J connectivity index is 1.98. The van der Waals surface area contributed by atoms with Crippen LogP contribution in [0.3, 0.4) is 0 Å². The summed E-state index contributed by atoms with van der Waals surface area (Å²) in [5.41, 5.74) is 0.838. The average molecular weight is 272 g/mol. The first-order valence-electron chi connectivity index (χ1n) is 5.45. The van der Waals surface area contributed by atoms with E-state index < -0.39 is 5.97 Å². The van der Waals surface area contributed by atoms with Gasteiger partial charge in [0.15, 0.2) is 5.09 Å². The number of nitrogens with zero attached hydrogens (tertiary/aromatic N) is 2. The van der Waals surface area contributed by atoms with Gasteiger partial charge in [-0.2, -0.15) is 0 Å². The summed E-state index contributed by atoms with van der Waals surface area (Å²) in [4.78, 5) is 19.1. The fourth-order valence-electron chi connectivity index (χ4n) is 1.65. The van der Waals surface area contributed by atoms with Crippen LogP contribution in [-0.2, 0) is 0 Å². The second-order valence-corrected chi connectivity index (χ2v) is 4.72. The summed E-state index contributed by atoms with van der Waals surface area (Å²) in [5.74, 6) is -1.17. The minimum Gasteiger partial charge on any atom is -0.475 e. The molecule has 0 aliphatic rings. The smallest absolute Gasteiger partial charge is 0.371 e. The molecule has 1 aromatic carbocycles. The lowest BCUT2D eigenvalue weighted by atomic mass is 10.2. The summed E-state index contributed by atoms with van der Waals surface area (Å²) < 4.78 is 5.20. The molecule has 2 aromatic heterocycles. The Kier molecular flexibility index (Phi) is 2.92. The third-order valence-electron chi connectivity index (χ3n) is 2.50. The highest BCUT2D eigenvalue weighted by Crippen LogP contribution is 2.31. The first-order valence-corrected chi connectivity index (χ1v) is 6.26. The summed E-state index contributed by atoms with van der Waals surface area (Å²) in [6.45, 7) is 0. The molecule has 0 spiro atoms. The molecule has 0 bridgehead atoms. The van der Waals surface area contributed by atoms with E-state index in [1.165, 1.54) is 24.2 Å². The van der Waals surface area contributed by atoms with E-state index in [2.05, 4.69) is 9.97 Å². The molecular weight excluding hydrogens is 264 g/mol. The molecule has 0 fully saturated rings. The van der Waals surface area contributed by atoms with Gasteiger partial charge in [0.2, 0.25) is 5.76 Å².